The Morgan fingerprint density at radius 3 is 2.33 bits per heavy atom. The van der Waals surface area contributed by atoms with Crippen LogP contribution in [0.15, 0.2) is 101 Å². The third-order valence-electron chi connectivity index (χ3n) is 6.24. The predicted octanol–water partition coefficient (Wildman–Crippen LogP) is 4.99. The Kier molecular flexibility index (Phi) is 7.32. The average Bonchev–Trinajstić information content (AvgIpc) is 3.30. The maximum Gasteiger partial charge on any atom is 0.326 e. The van der Waals surface area contributed by atoms with Crippen LogP contribution in [0.4, 0.5) is 5.69 Å². The zero-order chi connectivity index (χ0) is 27.6. The third-order valence-corrected chi connectivity index (χ3v) is 9.17. The number of hydrogen-bond donors (Lipinski definition) is 0. The van der Waals surface area contributed by atoms with Crippen LogP contribution in [0.3, 0.4) is 0 Å². The summed E-state index contributed by atoms with van der Waals surface area (Å²) in [5.41, 5.74) is 1.51. The minimum absolute atomic E-state index is 0.0520. The summed E-state index contributed by atoms with van der Waals surface area (Å²) in [4.78, 5) is 30.3. The maximum atomic E-state index is 13.2. The van der Waals surface area contributed by atoms with Crippen molar-refractivity contribution >= 4 is 59.9 Å². The van der Waals surface area contributed by atoms with Gasteiger partial charge in [-0.1, -0.05) is 59.9 Å². The highest BCUT2D eigenvalue weighted by molar-refractivity contribution is 7.92. The van der Waals surface area contributed by atoms with E-state index >= 15 is 0 Å². The first-order chi connectivity index (χ1) is 18.8. The van der Waals surface area contributed by atoms with E-state index < -0.39 is 21.9 Å². The lowest BCUT2D eigenvalue weighted by molar-refractivity contribution is -0.143. The fourth-order valence-electron chi connectivity index (χ4n) is 4.23. The summed E-state index contributed by atoms with van der Waals surface area (Å²) < 4.78 is 35.1. The second-order valence-electron chi connectivity index (χ2n) is 8.66. The normalized spacial score (nSPS) is 12.1. The molecule has 10 heteroatoms. The fourth-order valence-corrected chi connectivity index (χ4v) is 6.59. The third kappa shape index (κ3) is 5.21. The Balaban J connectivity index is 1.52. The number of para-hydroxylation sites is 1. The van der Waals surface area contributed by atoms with Crippen LogP contribution < -0.4 is 9.11 Å². The second-order valence-corrected chi connectivity index (χ2v) is 11.6. The molecule has 0 bridgehead atoms. The van der Waals surface area contributed by atoms with Crippen LogP contribution in [0.1, 0.15) is 17.3 Å². The highest BCUT2D eigenvalue weighted by atomic mass is 32.2. The van der Waals surface area contributed by atoms with Gasteiger partial charge in [0.1, 0.15) is 6.54 Å². The predicted molar refractivity (Wildman–Crippen MR) is 152 cm³/mol. The Morgan fingerprint density at radius 1 is 0.923 bits per heavy atom. The number of nitrogens with zero attached hydrogens (tertiary/aromatic N) is 3. The van der Waals surface area contributed by atoms with E-state index in [1.807, 2.05) is 42.5 Å². The molecule has 1 heterocycles. The number of thiazole rings is 1. The van der Waals surface area contributed by atoms with Gasteiger partial charge in [0.25, 0.3) is 15.9 Å². The fraction of sp³-hybridized carbons (Fsp3) is 0.138. The number of sulfonamides is 1. The first-order valence-corrected chi connectivity index (χ1v) is 14.4. The summed E-state index contributed by atoms with van der Waals surface area (Å²) in [6.07, 6.45) is 0. The number of hydrogen-bond acceptors (Lipinski definition) is 6. The van der Waals surface area contributed by atoms with E-state index in [9.17, 15) is 18.0 Å². The van der Waals surface area contributed by atoms with E-state index in [2.05, 4.69) is 4.99 Å². The zero-order valence-electron chi connectivity index (χ0n) is 21.3. The molecule has 39 heavy (non-hydrogen) atoms. The van der Waals surface area contributed by atoms with Crippen LogP contribution in [-0.2, 0) is 26.1 Å². The van der Waals surface area contributed by atoms with Crippen molar-refractivity contribution in [2.24, 2.45) is 4.99 Å². The average molecular weight is 560 g/mol. The van der Waals surface area contributed by atoms with E-state index in [0.717, 1.165) is 21.0 Å². The largest absolute Gasteiger partial charge is 0.465 e. The number of carbonyl (C=O) groups excluding carboxylic acids is 2. The van der Waals surface area contributed by atoms with Crippen LogP contribution in [0, 0.1) is 0 Å². The number of fused-ring (bicyclic) bond motifs is 3. The topological polar surface area (TPSA) is 98.0 Å². The molecule has 0 aliphatic carbocycles. The maximum absolute atomic E-state index is 13.2. The van der Waals surface area contributed by atoms with Crippen molar-refractivity contribution < 1.29 is 22.7 Å². The first-order valence-electron chi connectivity index (χ1n) is 12.2. The molecule has 0 saturated carbocycles. The van der Waals surface area contributed by atoms with Crippen molar-refractivity contribution in [2.75, 3.05) is 18.0 Å². The molecule has 0 saturated heterocycles. The number of anilines is 1. The summed E-state index contributed by atoms with van der Waals surface area (Å²) in [5.74, 6) is -0.986. The summed E-state index contributed by atoms with van der Waals surface area (Å²) in [6, 6.07) is 26.1. The SMILES string of the molecule is CCOC(=O)Cn1c(=NC(=O)c2ccc(S(=O)(=O)N(C)c3ccccc3)cc2)sc2c3ccccc3ccc21. The van der Waals surface area contributed by atoms with E-state index in [-0.39, 0.29) is 23.6 Å². The Labute approximate surface area is 229 Å². The quantitative estimate of drug-likeness (QED) is 0.262. The van der Waals surface area contributed by atoms with Gasteiger partial charge in [-0.05, 0) is 54.8 Å². The summed E-state index contributed by atoms with van der Waals surface area (Å²) >= 11 is 1.31. The van der Waals surface area contributed by atoms with Crippen molar-refractivity contribution in [3.8, 4) is 0 Å². The molecule has 4 aromatic carbocycles. The number of esters is 1. The minimum atomic E-state index is -3.82. The van der Waals surface area contributed by atoms with Crippen molar-refractivity contribution in [1.29, 1.82) is 0 Å². The molecule has 0 unspecified atom stereocenters. The number of ether oxygens (including phenoxy) is 1. The lowest BCUT2D eigenvalue weighted by atomic mass is 10.1. The summed E-state index contributed by atoms with van der Waals surface area (Å²) in [6.45, 7) is 1.88. The van der Waals surface area contributed by atoms with Gasteiger partial charge in [0, 0.05) is 18.0 Å². The Hall–Kier alpha value is -4.28. The number of benzene rings is 4. The van der Waals surface area contributed by atoms with Crippen LogP contribution >= 0.6 is 11.3 Å². The van der Waals surface area contributed by atoms with Gasteiger partial charge in [0.2, 0.25) is 0 Å². The molecule has 5 rings (SSSR count). The van der Waals surface area contributed by atoms with E-state index in [1.165, 1.54) is 47.0 Å². The lowest BCUT2D eigenvalue weighted by Crippen LogP contribution is -2.26. The van der Waals surface area contributed by atoms with Crippen molar-refractivity contribution in [3.05, 3.63) is 101 Å². The lowest BCUT2D eigenvalue weighted by Gasteiger charge is -2.19. The van der Waals surface area contributed by atoms with Crippen LogP contribution in [0.25, 0.3) is 21.0 Å². The van der Waals surface area contributed by atoms with Gasteiger partial charge >= 0.3 is 5.97 Å². The van der Waals surface area contributed by atoms with Gasteiger partial charge in [0.05, 0.1) is 27.4 Å². The molecule has 0 radical (unpaired) electrons. The summed E-state index contributed by atoms with van der Waals surface area (Å²) in [7, 11) is -2.34. The number of amides is 1. The van der Waals surface area contributed by atoms with Crippen molar-refractivity contribution in [2.45, 2.75) is 18.4 Å². The molecule has 5 aromatic rings. The van der Waals surface area contributed by atoms with Crippen LogP contribution in [-0.4, -0.2) is 38.5 Å². The molecule has 0 aliphatic heterocycles. The van der Waals surface area contributed by atoms with Gasteiger partial charge in [-0.3, -0.25) is 13.9 Å². The standard InChI is InChI=1S/C29H25N3O5S2/c1-3-37-26(33)19-32-25-18-15-20-9-7-8-12-24(20)27(25)38-29(32)30-28(34)21-13-16-23(17-14-21)39(35,36)31(2)22-10-5-4-6-11-22/h4-18H,3,19H2,1-2H3. The van der Waals surface area contributed by atoms with Gasteiger partial charge < -0.3 is 9.30 Å². The van der Waals surface area contributed by atoms with Crippen molar-refractivity contribution in [1.82, 2.24) is 4.57 Å². The molecule has 0 spiro atoms. The van der Waals surface area contributed by atoms with Gasteiger partial charge in [-0.2, -0.15) is 4.99 Å². The molecule has 0 aliphatic rings. The van der Waals surface area contributed by atoms with Gasteiger partial charge in [-0.15, -0.1) is 0 Å². The van der Waals surface area contributed by atoms with E-state index in [1.54, 1.807) is 35.8 Å². The molecule has 198 valence electrons. The minimum Gasteiger partial charge on any atom is -0.465 e. The second kappa shape index (κ2) is 10.8. The van der Waals surface area contributed by atoms with Crippen LogP contribution in [0.5, 0.6) is 0 Å². The van der Waals surface area contributed by atoms with Gasteiger partial charge in [0.15, 0.2) is 4.80 Å². The Bertz CT molecular complexity index is 1860. The first kappa shape index (κ1) is 26.3. The number of carbonyl (C=O) groups is 2. The Morgan fingerprint density at radius 2 is 1.62 bits per heavy atom. The summed E-state index contributed by atoms with van der Waals surface area (Å²) in [5, 5.41) is 2.02. The van der Waals surface area contributed by atoms with E-state index in [4.69, 9.17) is 4.74 Å². The molecular formula is C29H25N3O5S2. The van der Waals surface area contributed by atoms with Crippen LogP contribution in [0.2, 0.25) is 0 Å². The molecule has 1 amide bonds. The molecule has 8 nitrogen and oxygen atoms in total. The van der Waals surface area contributed by atoms with Gasteiger partial charge in [-0.25, -0.2) is 8.42 Å². The molecule has 0 fully saturated rings. The van der Waals surface area contributed by atoms with Crippen molar-refractivity contribution in [3.63, 3.8) is 0 Å². The highest BCUT2D eigenvalue weighted by Crippen LogP contribution is 2.28. The molecule has 1 aromatic heterocycles. The number of rotatable bonds is 7. The highest BCUT2D eigenvalue weighted by Gasteiger charge is 2.22. The molecular weight excluding hydrogens is 534 g/mol. The monoisotopic (exact) mass is 559 g/mol. The number of aromatic nitrogens is 1. The zero-order valence-corrected chi connectivity index (χ0v) is 22.9. The smallest absolute Gasteiger partial charge is 0.326 e. The molecule has 0 atom stereocenters. The van der Waals surface area contributed by atoms with E-state index in [0.29, 0.717) is 10.5 Å². The molecule has 0 N–H and O–H groups in total.